The smallest absolute Gasteiger partial charge is 0.0688 e. The Morgan fingerprint density at radius 3 is 1.29 bits per heavy atom. The minimum atomic E-state index is 0.124. The Hall–Kier alpha value is 0.0649. The van der Waals surface area contributed by atoms with Crippen molar-refractivity contribution in [1.29, 1.82) is 0 Å². The fourth-order valence-corrected chi connectivity index (χ4v) is 2.42. The lowest BCUT2D eigenvalue weighted by atomic mass is 9.64. The molecule has 0 N–H and O–H groups in total. The van der Waals surface area contributed by atoms with Crippen LogP contribution in [0, 0.1) is 0 Å². The molecule has 14 heavy (non-hydrogen) atoms. The first-order valence-corrected chi connectivity index (χ1v) is 6.50. The fourth-order valence-electron chi connectivity index (χ4n) is 2.42. The number of hydrogen-bond acceptors (Lipinski definition) is 0. The first-order chi connectivity index (χ1) is 6.71. The molecule has 0 heterocycles. The van der Waals surface area contributed by atoms with Crippen molar-refractivity contribution in [2.75, 3.05) is 0 Å². The molecule has 80 valence electrons. The molecule has 0 spiro atoms. The van der Waals surface area contributed by atoms with Gasteiger partial charge in [-0.2, -0.15) is 0 Å². The second kappa shape index (κ2) is 6.53. The normalized spacial score (nSPS) is 26.1. The summed E-state index contributed by atoms with van der Waals surface area (Å²) in [5.41, 5.74) is 0. The van der Waals surface area contributed by atoms with Crippen LogP contribution in [-0.4, -0.2) is 7.85 Å². The molecule has 0 atom stereocenters. The van der Waals surface area contributed by atoms with Crippen LogP contribution in [0.1, 0.15) is 77.6 Å². The zero-order valence-electron chi connectivity index (χ0n) is 9.86. The Labute approximate surface area is 91.3 Å². The summed E-state index contributed by atoms with van der Waals surface area (Å²) in [5.74, 6) is 0. The minimum Gasteiger partial charge on any atom is -0.0688 e. The molecule has 0 nitrogen and oxygen atoms in total. The largest absolute Gasteiger partial charge is 0.0742 e. The lowest BCUT2D eigenvalue weighted by Gasteiger charge is -2.25. The second-order valence-corrected chi connectivity index (χ2v) is 5.34. The van der Waals surface area contributed by atoms with Crippen molar-refractivity contribution < 1.29 is 0 Å². The predicted molar refractivity (Wildman–Crippen MR) is 64.9 cm³/mol. The SMILES string of the molecule is [B]C1(C)CCCCCCCCCCC1. The molecule has 1 saturated carbocycles. The highest BCUT2D eigenvalue weighted by Crippen LogP contribution is 2.35. The lowest BCUT2D eigenvalue weighted by molar-refractivity contribution is 0.436. The topological polar surface area (TPSA) is 0 Å². The van der Waals surface area contributed by atoms with E-state index in [1.54, 1.807) is 0 Å². The van der Waals surface area contributed by atoms with Crippen molar-refractivity contribution in [3.63, 3.8) is 0 Å². The third kappa shape index (κ3) is 5.72. The van der Waals surface area contributed by atoms with Gasteiger partial charge in [0.25, 0.3) is 0 Å². The minimum absolute atomic E-state index is 0.124. The van der Waals surface area contributed by atoms with Gasteiger partial charge in [0.05, 0.1) is 7.85 Å². The molecule has 0 unspecified atom stereocenters. The van der Waals surface area contributed by atoms with Crippen LogP contribution >= 0.6 is 0 Å². The highest BCUT2D eigenvalue weighted by molar-refractivity contribution is 6.14. The van der Waals surface area contributed by atoms with E-state index in [0.29, 0.717) is 0 Å². The zero-order valence-corrected chi connectivity index (χ0v) is 9.86. The van der Waals surface area contributed by atoms with Crippen molar-refractivity contribution in [1.82, 2.24) is 0 Å². The summed E-state index contributed by atoms with van der Waals surface area (Å²) in [6.07, 6.45) is 15.1. The third-order valence-corrected chi connectivity index (χ3v) is 3.50. The van der Waals surface area contributed by atoms with Crippen molar-refractivity contribution in [2.45, 2.75) is 82.9 Å². The molecule has 0 aromatic carbocycles. The molecule has 1 rings (SSSR count). The molecule has 1 aliphatic carbocycles. The van der Waals surface area contributed by atoms with E-state index in [4.69, 9.17) is 7.85 Å². The first-order valence-electron chi connectivity index (χ1n) is 6.50. The van der Waals surface area contributed by atoms with Crippen LogP contribution in [-0.2, 0) is 0 Å². The number of rotatable bonds is 0. The van der Waals surface area contributed by atoms with Gasteiger partial charge in [-0.15, -0.1) is 0 Å². The van der Waals surface area contributed by atoms with Gasteiger partial charge in [0.2, 0.25) is 0 Å². The van der Waals surface area contributed by atoms with E-state index in [0.717, 1.165) is 0 Å². The van der Waals surface area contributed by atoms with Crippen molar-refractivity contribution in [2.24, 2.45) is 0 Å². The average Bonchev–Trinajstić information content (AvgIpc) is 2.11. The second-order valence-electron chi connectivity index (χ2n) is 5.34. The quantitative estimate of drug-likeness (QED) is 0.490. The molecule has 1 aliphatic rings. The molecule has 1 fully saturated rings. The zero-order chi connectivity index (χ0) is 10.3. The van der Waals surface area contributed by atoms with Crippen LogP contribution in [0.2, 0.25) is 5.31 Å². The molecule has 0 aliphatic heterocycles. The molecular weight excluding hydrogens is 167 g/mol. The van der Waals surface area contributed by atoms with E-state index in [1.165, 1.54) is 70.6 Å². The van der Waals surface area contributed by atoms with E-state index < -0.39 is 0 Å². The molecule has 1 heteroatoms. The summed E-state index contributed by atoms with van der Waals surface area (Å²) < 4.78 is 0. The monoisotopic (exact) mass is 192 g/mol. The van der Waals surface area contributed by atoms with Gasteiger partial charge in [-0.1, -0.05) is 82.9 Å². The van der Waals surface area contributed by atoms with Gasteiger partial charge >= 0.3 is 0 Å². The van der Waals surface area contributed by atoms with Gasteiger partial charge in [-0.25, -0.2) is 0 Å². The molecule has 0 bridgehead atoms. The Bertz CT molecular complexity index is 126. The van der Waals surface area contributed by atoms with Gasteiger partial charge < -0.3 is 0 Å². The van der Waals surface area contributed by atoms with Crippen molar-refractivity contribution >= 4 is 7.85 Å². The Morgan fingerprint density at radius 1 is 0.643 bits per heavy atom. The first kappa shape index (κ1) is 12.1. The molecular formula is C13H25B. The van der Waals surface area contributed by atoms with Gasteiger partial charge in [0.15, 0.2) is 0 Å². The van der Waals surface area contributed by atoms with Crippen LogP contribution < -0.4 is 0 Å². The van der Waals surface area contributed by atoms with Crippen LogP contribution in [0.3, 0.4) is 0 Å². The fraction of sp³-hybridized carbons (Fsp3) is 1.00. The molecule has 0 saturated heterocycles. The van der Waals surface area contributed by atoms with Crippen LogP contribution in [0.4, 0.5) is 0 Å². The standard InChI is InChI=1S/C13H25B/c1-13(14)11-9-7-5-3-2-4-6-8-10-12-13/h2-12H2,1H3. The summed E-state index contributed by atoms with van der Waals surface area (Å²) in [5, 5.41) is 0.124. The maximum atomic E-state index is 6.26. The third-order valence-electron chi connectivity index (χ3n) is 3.50. The van der Waals surface area contributed by atoms with E-state index >= 15 is 0 Å². The van der Waals surface area contributed by atoms with Gasteiger partial charge in [-0.05, 0) is 0 Å². The highest BCUT2D eigenvalue weighted by atomic mass is 14.2. The lowest BCUT2D eigenvalue weighted by Crippen LogP contribution is -2.08. The maximum absolute atomic E-state index is 6.26. The Balaban J connectivity index is 2.24. The molecule has 0 aromatic rings. The number of hydrogen-bond donors (Lipinski definition) is 0. The predicted octanol–water partition coefficient (Wildman–Crippen LogP) is 4.64. The summed E-state index contributed by atoms with van der Waals surface area (Å²) in [6, 6.07) is 0. The van der Waals surface area contributed by atoms with Crippen molar-refractivity contribution in [3.05, 3.63) is 0 Å². The van der Waals surface area contributed by atoms with Gasteiger partial charge in [0.1, 0.15) is 0 Å². The molecule has 2 radical (unpaired) electrons. The van der Waals surface area contributed by atoms with E-state index in [2.05, 4.69) is 6.92 Å². The summed E-state index contributed by atoms with van der Waals surface area (Å²) in [6.45, 7) is 2.23. The molecule has 0 amide bonds. The summed E-state index contributed by atoms with van der Waals surface area (Å²) in [7, 11) is 6.26. The van der Waals surface area contributed by atoms with E-state index in [1.807, 2.05) is 0 Å². The van der Waals surface area contributed by atoms with Crippen LogP contribution in [0.5, 0.6) is 0 Å². The maximum Gasteiger partial charge on any atom is 0.0742 e. The van der Waals surface area contributed by atoms with E-state index in [-0.39, 0.29) is 5.31 Å². The van der Waals surface area contributed by atoms with Crippen LogP contribution in [0.15, 0.2) is 0 Å². The Kier molecular flexibility index (Phi) is 5.66. The van der Waals surface area contributed by atoms with Crippen molar-refractivity contribution in [3.8, 4) is 0 Å². The van der Waals surface area contributed by atoms with Crippen LogP contribution in [0.25, 0.3) is 0 Å². The van der Waals surface area contributed by atoms with E-state index in [9.17, 15) is 0 Å². The average molecular weight is 192 g/mol. The Morgan fingerprint density at radius 2 is 0.929 bits per heavy atom. The van der Waals surface area contributed by atoms with Gasteiger partial charge in [0, 0.05) is 0 Å². The summed E-state index contributed by atoms with van der Waals surface area (Å²) in [4.78, 5) is 0. The summed E-state index contributed by atoms with van der Waals surface area (Å²) >= 11 is 0. The van der Waals surface area contributed by atoms with Gasteiger partial charge in [-0.3, -0.25) is 0 Å². The highest BCUT2D eigenvalue weighted by Gasteiger charge is 2.16. The molecule has 0 aromatic heterocycles.